The summed E-state index contributed by atoms with van der Waals surface area (Å²) in [4.78, 5) is 34.0. The Hall–Kier alpha value is -3.07. The van der Waals surface area contributed by atoms with Crippen molar-refractivity contribution in [2.75, 3.05) is 6.61 Å². The average molecular weight is 479 g/mol. The average Bonchev–Trinajstić information content (AvgIpc) is 3.57. The molecule has 160 valence electrons. The lowest BCUT2D eigenvalue weighted by atomic mass is 9.97. The Kier molecular flexibility index (Phi) is 5.73. The molecular formula is C24H18N2O3S3. The normalized spacial score (nSPS) is 16.0. The first-order valence-electron chi connectivity index (χ1n) is 10.0. The zero-order chi connectivity index (χ0) is 22.1. The van der Waals surface area contributed by atoms with Crippen molar-refractivity contribution in [3.05, 3.63) is 106 Å². The maximum absolute atomic E-state index is 13.5. The first-order chi connectivity index (χ1) is 15.7. The van der Waals surface area contributed by atoms with Crippen molar-refractivity contribution >= 4 is 51.8 Å². The number of esters is 1. The molecule has 0 saturated carbocycles. The summed E-state index contributed by atoms with van der Waals surface area (Å²) in [5, 5.41) is 3.92. The number of thiazole rings is 1. The van der Waals surface area contributed by atoms with Crippen molar-refractivity contribution in [1.29, 1.82) is 0 Å². The third kappa shape index (κ3) is 3.70. The van der Waals surface area contributed by atoms with Crippen LogP contribution in [0.25, 0.3) is 11.8 Å². The number of ether oxygens (including phenoxy) is 1. The molecule has 0 spiro atoms. The molecule has 0 fully saturated rings. The molecule has 4 heterocycles. The van der Waals surface area contributed by atoms with Crippen LogP contribution in [0.3, 0.4) is 0 Å². The largest absolute Gasteiger partial charge is 0.463 e. The second kappa shape index (κ2) is 8.82. The molecule has 0 bridgehead atoms. The number of rotatable bonds is 5. The van der Waals surface area contributed by atoms with Crippen LogP contribution in [-0.2, 0) is 9.53 Å². The van der Waals surface area contributed by atoms with Gasteiger partial charge in [-0.1, -0.05) is 53.8 Å². The van der Waals surface area contributed by atoms with Gasteiger partial charge in [0.05, 0.1) is 22.4 Å². The topological polar surface area (TPSA) is 60.7 Å². The zero-order valence-corrected chi connectivity index (χ0v) is 19.5. The van der Waals surface area contributed by atoms with Gasteiger partial charge >= 0.3 is 5.97 Å². The SMILES string of the molecule is CCOC(=O)C1=C(c2ccccc2)N=c2s/c(=C/c3cccs3)c(=O)n2[C@H]1c1cccs1. The summed E-state index contributed by atoms with van der Waals surface area (Å²) in [6.07, 6.45) is 1.89. The Bertz CT molecular complexity index is 1460. The number of fused-ring (bicyclic) bond motifs is 1. The first kappa shape index (κ1) is 20.8. The van der Waals surface area contributed by atoms with E-state index in [2.05, 4.69) is 0 Å². The number of benzene rings is 1. The van der Waals surface area contributed by atoms with E-state index >= 15 is 0 Å². The number of carbonyl (C=O) groups is 1. The minimum atomic E-state index is -0.592. The zero-order valence-electron chi connectivity index (χ0n) is 17.1. The summed E-state index contributed by atoms with van der Waals surface area (Å²) < 4.78 is 7.66. The highest BCUT2D eigenvalue weighted by molar-refractivity contribution is 7.11. The van der Waals surface area contributed by atoms with Crippen molar-refractivity contribution in [1.82, 2.24) is 4.57 Å². The van der Waals surface area contributed by atoms with Crippen LogP contribution in [0.1, 0.15) is 28.3 Å². The second-order valence-electron chi connectivity index (χ2n) is 6.96. The maximum atomic E-state index is 13.5. The Morgan fingerprint density at radius 1 is 1.09 bits per heavy atom. The lowest BCUT2D eigenvalue weighted by molar-refractivity contribution is -0.138. The molecule has 0 amide bonds. The van der Waals surface area contributed by atoms with Crippen LogP contribution in [0.5, 0.6) is 0 Å². The van der Waals surface area contributed by atoms with Gasteiger partial charge < -0.3 is 4.74 Å². The van der Waals surface area contributed by atoms with E-state index in [0.29, 0.717) is 20.6 Å². The van der Waals surface area contributed by atoms with Crippen molar-refractivity contribution in [3.63, 3.8) is 0 Å². The lowest BCUT2D eigenvalue weighted by Gasteiger charge is -2.24. The van der Waals surface area contributed by atoms with Crippen LogP contribution >= 0.6 is 34.0 Å². The predicted molar refractivity (Wildman–Crippen MR) is 130 cm³/mol. The Labute approximate surface area is 195 Å². The van der Waals surface area contributed by atoms with Gasteiger partial charge in [0.25, 0.3) is 5.56 Å². The van der Waals surface area contributed by atoms with Crippen molar-refractivity contribution < 1.29 is 9.53 Å². The van der Waals surface area contributed by atoms with E-state index in [0.717, 1.165) is 15.3 Å². The summed E-state index contributed by atoms with van der Waals surface area (Å²) in [7, 11) is 0. The molecule has 5 nitrogen and oxygen atoms in total. The molecule has 1 aromatic carbocycles. The number of thiophene rings is 2. The Morgan fingerprint density at radius 2 is 1.88 bits per heavy atom. The summed E-state index contributed by atoms with van der Waals surface area (Å²) in [5.74, 6) is -0.457. The van der Waals surface area contributed by atoms with Crippen molar-refractivity contribution in [3.8, 4) is 0 Å². The van der Waals surface area contributed by atoms with Gasteiger partial charge in [0.2, 0.25) is 0 Å². The van der Waals surface area contributed by atoms with Gasteiger partial charge in [0.15, 0.2) is 4.80 Å². The van der Waals surface area contributed by atoms with Gasteiger partial charge in [-0.2, -0.15) is 0 Å². The molecule has 0 N–H and O–H groups in total. The van der Waals surface area contributed by atoms with E-state index in [-0.39, 0.29) is 12.2 Å². The van der Waals surface area contributed by atoms with Gasteiger partial charge in [-0.3, -0.25) is 9.36 Å². The van der Waals surface area contributed by atoms with Gasteiger partial charge in [-0.05, 0) is 35.9 Å². The molecule has 5 rings (SSSR count). The van der Waals surface area contributed by atoms with Crippen molar-refractivity contribution in [2.24, 2.45) is 4.99 Å². The number of aromatic nitrogens is 1. The summed E-state index contributed by atoms with van der Waals surface area (Å²) in [6.45, 7) is 2.02. The Balaban J connectivity index is 1.83. The quantitative estimate of drug-likeness (QED) is 0.407. The number of carbonyl (C=O) groups excluding carboxylic acids is 1. The molecule has 0 unspecified atom stereocenters. The van der Waals surface area contributed by atoms with Crippen LogP contribution in [-0.4, -0.2) is 17.1 Å². The van der Waals surface area contributed by atoms with E-state index in [9.17, 15) is 9.59 Å². The standard InChI is InChI=1S/C24H18N2O3S3/c1-2-29-23(28)19-20(15-8-4-3-5-9-15)25-24-26(21(19)17-11-7-13-31-17)22(27)18(32-24)14-16-10-6-12-30-16/h3-14,21H,2H2,1H3/b18-14+/t21-/m0/s1. The smallest absolute Gasteiger partial charge is 0.338 e. The van der Waals surface area contributed by atoms with Crippen LogP contribution < -0.4 is 14.9 Å². The molecular weight excluding hydrogens is 460 g/mol. The van der Waals surface area contributed by atoms with Crippen molar-refractivity contribution in [2.45, 2.75) is 13.0 Å². The molecule has 4 aromatic rings. The van der Waals surface area contributed by atoms with Gasteiger partial charge in [0.1, 0.15) is 6.04 Å². The minimum absolute atomic E-state index is 0.158. The highest BCUT2D eigenvalue weighted by Crippen LogP contribution is 2.36. The predicted octanol–water partition coefficient (Wildman–Crippen LogP) is 4.06. The molecule has 32 heavy (non-hydrogen) atoms. The fraction of sp³-hybridized carbons (Fsp3) is 0.125. The van der Waals surface area contributed by atoms with E-state index in [1.165, 1.54) is 22.7 Å². The van der Waals surface area contributed by atoms with Crippen LogP contribution in [0.2, 0.25) is 0 Å². The molecule has 0 aliphatic carbocycles. The number of hydrogen-bond donors (Lipinski definition) is 0. The number of hydrogen-bond acceptors (Lipinski definition) is 7. The highest BCUT2D eigenvalue weighted by atomic mass is 32.1. The molecule has 3 aromatic heterocycles. The summed E-state index contributed by atoms with van der Waals surface area (Å²) >= 11 is 4.42. The highest BCUT2D eigenvalue weighted by Gasteiger charge is 2.35. The lowest BCUT2D eigenvalue weighted by Crippen LogP contribution is -2.39. The molecule has 1 aliphatic heterocycles. The molecule has 1 aliphatic rings. The molecule has 1 atom stereocenters. The van der Waals surface area contributed by atoms with E-state index in [1.54, 1.807) is 22.8 Å². The fourth-order valence-corrected chi connectivity index (χ4v) is 6.21. The molecule has 0 radical (unpaired) electrons. The fourth-order valence-electron chi connectivity index (χ4n) is 3.66. The number of nitrogens with zero attached hydrogens (tertiary/aromatic N) is 2. The summed E-state index contributed by atoms with van der Waals surface area (Å²) in [5.41, 5.74) is 1.59. The third-order valence-corrected chi connectivity index (χ3v) is 7.73. The van der Waals surface area contributed by atoms with Crippen LogP contribution in [0.15, 0.2) is 80.7 Å². The van der Waals surface area contributed by atoms with Gasteiger partial charge in [-0.15, -0.1) is 22.7 Å². The van der Waals surface area contributed by atoms with Crippen LogP contribution in [0.4, 0.5) is 0 Å². The monoisotopic (exact) mass is 478 g/mol. The maximum Gasteiger partial charge on any atom is 0.338 e. The summed E-state index contributed by atoms with van der Waals surface area (Å²) in [6, 6.07) is 16.8. The van der Waals surface area contributed by atoms with E-state index < -0.39 is 12.0 Å². The minimum Gasteiger partial charge on any atom is -0.463 e. The van der Waals surface area contributed by atoms with E-state index in [4.69, 9.17) is 9.73 Å². The Morgan fingerprint density at radius 3 is 2.56 bits per heavy atom. The third-order valence-electron chi connectivity index (χ3n) is 5.00. The molecule has 0 saturated heterocycles. The van der Waals surface area contributed by atoms with Crippen LogP contribution in [0, 0.1) is 0 Å². The van der Waals surface area contributed by atoms with Gasteiger partial charge in [0, 0.05) is 15.3 Å². The molecule has 8 heteroatoms. The van der Waals surface area contributed by atoms with Gasteiger partial charge in [-0.25, -0.2) is 9.79 Å². The second-order valence-corrected chi connectivity index (χ2v) is 9.93. The first-order valence-corrected chi connectivity index (χ1v) is 12.6. The van der Waals surface area contributed by atoms with E-state index in [1.807, 2.05) is 71.4 Å².